The summed E-state index contributed by atoms with van der Waals surface area (Å²) in [5.41, 5.74) is 1.00. The molecular weight excluding hydrogens is 358 g/mol. The van der Waals surface area contributed by atoms with E-state index >= 15 is 0 Å². The third-order valence-electron chi connectivity index (χ3n) is 5.10. The van der Waals surface area contributed by atoms with Crippen LogP contribution in [-0.2, 0) is 11.3 Å². The number of thioether (sulfide) groups is 1. The van der Waals surface area contributed by atoms with E-state index < -0.39 is 0 Å². The number of amides is 1. The number of aromatic nitrogens is 4. The van der Waals surface area contributed by atoms with E-state index in [0.717, 1.165) is 48.9 Å². The van der Waals surface area contributed by atoms with E-state index in [-0.39, 0.29) is 5.91 Å². The van der Waals surface area contributed by atoms with E-state index in [1.54, 1.807) is 12.4 Å². The van der Waals surface area contributed by atoms with Crippen molar-refractivity contribution >= 4 is 17.7 Å². The zero-order valence-electron chi connectivity index (χ0n) is 16.3. The van der Waals surface area contributed by atoms with Gasteiger partial charge in [-0.05, 0) is 38.3 Å². The van der Waals surface area contributed by atoms with Gasteiger partial charge in [0.05, 0.1) is 5.75 Å². The molecule has 0 saturated heterocycles. The minimum Gasteiger partial charge on any atom is -0.339 e. The molecule has 0 spiro atoms. The predicted octanol–water partition coefficient (Wildman–Crippen LogP) is 4.02. The molecule has 0 radical (unpaired) electrons. The van der Waals surface area contributed by atoms with Crippen molar-refractivity contribution in [3.8, 4) is 11.4 Å². The first-order valence-corrected chi connectivity index (χ1v) is 11.0. The lowest BCUT2D eigenvalue weighted by Crippen LogP contribution is -2.42. The van der Waals surface area contributed by atoms with Gasteiger partial charge in [0.2, 0.25) is 5.91 Å². The summed E-state index contributed by atoms with van der Waals surface area (Å²) >= 11 is 1.50. The van der Waals surface area contributed by atoms with Gasteiger partial charge in [0, 0.05) is 37.1 Å². The summed E-state index contributed by atoms with van der Waals surface area (Å²) < 4.78 is 2.12. The minimum atomic E-state index is 0.214. The third-order valence-corrected chi connectivity index (χ3v) is 6.06. The molecule has 7 heteroatoms. The first kappa shape index (κ1) is 19.9. The van der Waals surface area contributed by atoms with Crippen LogP contribution >= 0.6 is 11.8 Å². The molecule has 3 rings (SSSR count). The van der Waals surface area contributed by atoms with Crippen LogP contribution < -0.4 is 0 Å². The Labute approximate surface area is 165 Å². The molecular formula is C20H29N5OS. The predicted molar refractivity (Wildman–Crippen MR) is 109 cm³/mol. The molecule has 2 aromatic heterocycles. The van der Waals surface area contributed by atoms with Crippen LogP contribution in [0.25, 0.3) is 11.4 Å². The van der Waals surface area contributed by atoms with Gasteiger partial charge in [-0.15, -0.1) is 10.2 Å². The highest BCUT2D eigenvalue weighted by Gasteiger charge is 2.24. The zero-order chi connectivity index (χ0) is 19.1. The summed E-state index contributed by atoms with van der Waals surface area (Å²) in [4.78, 5) is 19.0. The summed E-state index contributed by atoms with van der Waals surface area (Å²) in [6.45, 7) is 5.84. The Hall–Kier alpha value is -1.89. The number of carbonyl (C=O) groups excluding carboxylic acids is 1. The van der Waals surface area contributed by atoms with Crippen molar-refractivity contribution in [1.82, 2.24) is 24.6 Å². The van der Waals surface area contributed by atoms with Crippen molar-refractivity contribution in [2.45, 2.75) is 70.1 Å². The van der Waals surface area contributed by atoms with Gasteiger partial charge in [0.15, 0.2) is 11.0 Å². The number of hydrogen-bond acceptors (Lipinski definition) is 5. The number of carbonyl (C=O) groups is 1. The van der Waals surface area contributed by atoms with E-state index in [1.807, 2.05) is 12.1 Å². The lowest BCUT2D eigenvalue weighted by Gasteiger charge is -2.33. The molecule has 146 valence electrons. The number of rotatable bonds is 8. The molecule has 0 unspecified atom stereocenters. The number of pyridine rings is 1. The molecule has 0 atom stereocenters. The molecule has 1 amide bonds. The smallest absolute Gasteiger partial charge is 0.233 e. The van der Waals surface area contributed by atoms with Crippen LogP contribution in [0.3, 0.4) is 0 Å². The zero-order valence-corrected chi connectivity index (χ0v) is 17.1. The average Bonchev–Trinajstić information content (AvgIpc) is 3.11. The van der Waals surface area contributed by atoms with Crippen LogP contribution in [0.5, 0.6) is 0 Å². The molecule has 1 aliphatic carbocycles. The van der Waals surface area contributed by atoms with Gasteiger partial charge in [-0.3, -0.25) is 9.78 Å². The van der Waals surface area contributed by atoms with Crippen LogP contribution in [0.2, 0.25) is 0 Å². The highest BCUT2D eigenvalue weighted by Crippen LogP contribution is 2.26. The quantitative estimate of drug-likeness (QED) is 0.640. The maximum atomic E-state index is 12.8. The lowest BCUT2D eigenvalue weighted by atomic mass is 9.94. The Morgan fingerprint density at radius 2 is 1.93 bits per heavy atom. The maximum Gasteiger partial charge on any atom is 0.233 e. The second-order valence-corrected chi connectivity index (χ2v) is 7.90. The SMILES string of the molecule is CCCn1c(SCC(=O)N(CC)C2CCCCC2)nnc1-c1ccncc1. The van der Waals surface area contributed by atoms with Crippen molar-refractivity contribution in [3.63, 3.8) is 0 Å². The standard InChI is InChI=1S/C20H29N5OS/c1-3-14-25-19(16-10-12-21-13-11-16)22-23-20(25)27-15-18(26)24(4-2)17-8-6-5-7-9-17/h10-13,17H,3-9,14-15H2,1-2H3. The summed E-state index contributed by atoms with van der Waals surface area (Å²) in [6.07, 6.45) is 10.6. The number of hydrogen-bond donors (Lipinski definition) is 0. The minimum absolute atomic E-state index is 0.214. The molecule has 0 bridgehead atoms. The summed E-state index contributed by atoms with van der Waals surface area (Å²) in [6, 6.07) is 4.30. The van der Waals surface area contributed by atoms with Crippen LogP contribution in [0.1, 0.15) is 52.4 Å². The largest absolute Gasteiger partial charge is 0.339 e. The van der Waals surface area contributed by atoms with Crippen molar-refractivity contribution in [2.75, 3.05) is 12.3 Å². The maximum absolute atomic E-state index is 12.8. The van der Waals surface area contributed by atoms with E-state index in [4.69, 9.17) is 0 Å². The topological polar surface area (TPSA) is 63.9 Å². The Morgan fingerprint density at radius 1 is 1.19 bits per heavy atom. The Morgan fingerprint density at radius 3 is 2.59 bits per heavy atom. The molecule has 0 N–H and O–H groups in total. The summed E-state index contributed by atoms with van der Waals surface area (Å²) in [7, 11) is 0. The molecule has 6 nitrogen and oxygen atoms in total. The van der Waals surface area contributed by atoms with Gasteiger partial charge in [-0.25, -0.2) is 0 Å². The molecule has 27 heavy (non-hydrogen) atoms. The van der Waals surface area contributed by atoms with Gasteiger partial charge in [-0.1, -0.05) is 37.9 Å². The molecule has 1 saturated carbocycles. The summed E-state index contributed by atoms with van der Waals surface area (Å²) in [5.74, 6) is 1.47. The van der Waals surface area contributed by atoms with Gasteiger partial charge in [0.25, 0.3) is 0 Å². The highest BCUT2D eigenvalue weighted by molar-refractivity contribution is 7.99. The fourth-order valence-corrected chi connectivity index (χ4v) is 4.63. The molecule has 1 fully saturated rings. The first-order valence-electron chi connectivity index (χ1n) is 10.0. The number of nitrogens with zero attached hydrogens (tertiary/aromatic N) is 5. The van der Waals surface area contributed by atoms with Crippen LogP contribution in [0.4, 0.5) is 0 Å². The molecule has 1 aliphatic rings. The fourth-order valence-electron chi connectivity index (χ4n) is 3.78. The van der Waals surface area contributed by atoms with E-state index in [9.17, 15) is 4.79 Å². The van der Waals surface area contributed by atoms with Crippen molar-refractivity contribution in [2.24, 2.45) is 0 Å². The van der Waals surface area contributed by atoms with Gasteiger partial charge in [0.1, 0.15) is 0 Å². The second kappa shape index (κ2) is 9.88. The van der Waals surface area contributed by atoms with Crippen molar-refractivity contribution in [1.29, 1.82) is 0 Å². The lowest BCUT2D eigenvalue weighted by molar-refractivity contribution is -0.131. The Kier molecular flexibility index (Phi) is 7.26. The highest BCUT2D eigenvalue weighted by atomic mass is 32.2. The van der Waals surface area contributed by atoms with E-state index in [2.05, 4.69) is 38.5 Å². The molecule has 2 aromatic rings. The molecule has 2 heterocycles. The Balaban J connectivity index is 1.69. The van der Waals surface area contributed by atoms with Crippen molar-refractivity contribution in [3.05, 3.63) is 24.5 Å². The van der Waals surface area contributed by atoms with Crippen LogP contribution in [0, 0.1) is 0 Å². The first-order chi connectivity index (χ1) is 13.2. The van der Waals surface area contributed by atoms with Crippen molar-refractivity contribution < 1.29 is 4.79 Å². The van der Waals surface area contributed by atoms with Crippen LogP contribution in [0.15, 0.2) is 29.7 Å². The summed E-state index contributed by atoms with van der Waals surface area (Å²) in [5, 5.41) is 9.56. The van der Waals surface area contributed by atoms with E-state index in [0.29, 0.717) is 11.8 Å². The van der Waals surface area contributed by atoms with E-state index in [1.165, 1.54) is 31.0 Å². The monoisotopic (exact) mass is 387 g/mol. The molecule has 0 aromatic carbocycles. The average molecular weight is 388 g/mol. The van der Waals surface area contributed by atoms with Crippen LogP contribution in [-0.4, -0.2) is 48.9 Å². The fraction of sp³-hybridized carbons (Fsp3) is 0.600. The second-order valence-electron chi connectivity index (χ2n) is 6.95. The third kappa shape index (κ3) is 4.89. The normalized spacial score (nSPS) is 15.0. The van der Waals surface area contributed by atoms with Gasteiger partial charge < -0.3 is 9.47 Å². The Bertz CT molecular complexity index is 727. The van der Waals surface area contributed by atoms with Gasteiger partial charge >= 0.3 is 0 Å². The van der Waals surface area contributed by atoms with Gasteiger partial charge in [-0.2, -0.15) is 0 Å². The molecule has 0 aliphatic heterocycles.